The first kappa shape index (κ1) is 18.4. The molecule has 1 saturated carbocycles. The third kappa shape index (κ3) is 5.56. The molecule has 2 aromatic rings. The molecule has 0 aromatic carbocycles. The van der Waals surface area contributed by atoms with Gasteiger partial charge in [-0.15, -0.1) is 0 Å². The van der Waals surface area contributed by atoms with Crippen molar-refractivity contribution in [2.45, 2.75) is 32.7 Å². The smallest absolute Gasteiger partial charge is 0.191 e. The molecule has 0 saturated heterocycles. The van der Waals surface area contributed by atoms with Gasteiger partial charge in [0.1, 0.15) is 11.6 Å². The summed E-state index contributed by atoms with van der Waals surface area (Å²) >= 11 is 0. The lowest BCUT2D eigenvalue weighted by atomic mass is 10.3. The Kier molecular flexibility index (Phi) is 6.60. The summed E-state index contributed by atoms with van der Waals surface area (Å²) < 4.78 is 7.60. The minimum absolute atomic E-state index is 0.675. The Morgan fingerprint density at radius 3 is 2.85 bits per heavy atom. The number of aromatic nitrogens is 3. The van der Waals surface area contributed by atoms with E-state index in [9.17, 15) is 0 Å². The Morgan fingerprint density at radius 2 is 2.19 bits per heavy atom. The standard InChI is InChI=1S/C19H28N6O/c1-15-21-9-10-25(15)18-7-6-17(12-23-18)13-24-19(20-2)22-8-3-11-26-14-16-4-5-16/h6-7,9-10,12,16H,3-5,8,11,13-14H2,1-2H3,(H2,20,22,24). The number of pyridine rings is 1. The number of guanidine groups is 1. The average Bonchev–Trinajstić information content (AvgIpc) is 3.40. The molecule has 1 aliphatic rings. The first-order valence-corrected chi connectivity index (χ1v) is 9.24. The fourth-order valence-electron chi connectivity index (χ4n) is 2.61. The lowest BCUT2D eigenvalue weighted by molar-refractivity contribution is 0.123. The van der Waals surface area contributed by atoms with Crippen LogP contribution in [0.1, 0.15) is 30.7 Å². The van der Waals surface area contributed by atoms with Crippen molar-refractivity contribution in [1.82, 2.24) is 25.2 Å². The van der Waals surface area contributed by atoms with Crippen molar-refractivity contribution in [2.24, 2.45) is 10.9 Å². The number of aliphatic imine (C=N–C) groups is 1. The predicted molar refractivity (Wildman–Crippen MR) is 102 cm³/mol. The van der Waals surface area contributed by atoms with Gasteiger partial charge in [-0.1, -0.05) is 6.07 Å². The van der Waals surface area contributed by atoms with Crippen molar-refractivity contribution in [3.8, 4) is 5.82 Å². The molecular weight excluding hydrogens is 328 g/mol. The number of imidazole rings is 1. The van der Waals surface area contributed by atoms with E-state index >= 15 is 0 Å². The van der Waals surface area contributed by atoms with Gasteiger partial charge in [-0.25, -0.2) is 9.97 Å². The molecule has 0 aliphatic heterocycles. The topological polar surface area (TPSA) is 76.4 Å². The van der Waals surface area contributed by atoms with Crippen molar-refractivity contribution in [3.05, 3.63) is 42.1 Å². The fourth-order valence-corrected chi connectivity index (χ4v) is 2.61. The lowest BCUT2D eigenvalue weighted by Gasteiger charge is -2.12. The van der Waals surface area contributed by atoms with Crippen LogP contribution in [0, 0.1) is 12.8 Å². The monoisotopic (exact) mass is 356 g/mol. The number of nitrogens with one attached hydrogen (secondary N) is 2. The summed E-state index contributed by atoms with van der Waals surface area (Å²) in [6, 6.07) is 4.06. The molecular formula is C19H28N6O. The molecule has 0 unspecified atom stereocenters. The summed E-state index contributed by atoms with van der Waals surface area (Å²) in [7, 11) is 1.78. The Morgan fingerprint density at radius 1 is 1.31 bits per heavy atom. The molecule has 0 amide bonds. The minimum atomic E-state index is 0.675. The normalized spacial score (nSPS) is 14.5. The van der Waals surface area contributed by atoms with Gasteiger partial charge in [0.25, 0.3) is 0 Å². The molecule has 1 aliphatic carbocycles. The minimum Gasteiger partial charge on any atom is -0.381 e. The molecule has 140 valence electrons. The van der Waals surface area contributed by atoms with Gasteiger partial charge < -0.3 is 15.4 Å². The molecule has 2 heterocycles. The van der Waals surface area contributed by atoms with E-state index in [1.807, 2.05) is 30.0 Å². The molecule has 7 nitrogen and oxygen atoms in total. The third-order valence-electron chi connectivity index (χ3n) is 4.37. The Bertz CT molecular complexity index is 705. The number of ether oxygens (including phenoxy) is 1. The maximum absolute atomic E-state index is 5.64. The van der Waals surface area contributed by atoms with Crippen LogP contribution in [0.2, 0.25) is 0 Å². The van der Waals surface area contributed by atoms with Crippen LogP contribution in [-0.4, -0.2) is 47.3 Å². The van der Waals surface area contributed by atoms with E-state index in [1.165, 1.54) is 12.8 Å². The van der Waals surface area contributed by atoms with Gasteiger partial charge in [-0.05, 0) is 43.7 Å². The Hall–Kier alpha value is -2.41. The van der Waals surface area contributed by atoms with Crippen LogP contribution in [0.3, 0.4) is 0 Å². The molecule has 0 atom stereocenters. The van der Waals surface area contributed by atoms with Crippen molar-refractivity contribution in [3.63, 3.8) is 0 Å². The summed E-state index contributed by atoms with van der Waals surface area (Å²) in [6.45, 7) is 5.22. The quantitative estimate of drug-likeness (QED) is 0.409. The maximum atomic E-state index is 5.64. The van der Waals surface area contributed by atoms with E-state index in [0.29, 0.717) is 6.54 Å². The number of nitrogens with zero attached hydrogens (tertiary/aromatic N) is 4. The van der Waals surface area contributed by atoms with Crippen LogP contribution >= 0.6 is 0 Å². The summed E-state index contributed by atoms with van der Waals surface area (Å²) in [5, 5.41) is 6.62. The van der Waals surface area contributed by atoms with Gasteiger partial charge in [0, 0.05) is 51.9 Å². The summed E-state index contributed by atoms with van der Waals surface area (Å²) in [4.78, 5) is 13.0. The van der Waals surface area contributed by atoms with E-state index in [-0.39, 0.29) is 0 Å². The highest BCUT2D eigenvalue weighted by Crippen LogP contribution is 2.28. The molecule has 2 N–H and O–H groups in total. The molecule has 2 aromatic heterocycles. The zero-order valence-electron chi connectivity index (χ0n) is 15.6. The van der Waals surface area contributed by atoms with Crippen molar-refractivity contribution in [1.29, 1.82) is 0 Å². The van der Waals surface area contributed by atoms with E-state index < -0.39 is 0 Å². The SMILES string of the molecule is CN=C(NCCCOCC1CC1)NCc1ccc(-n2ccnc2C)nc1. The predicted octanol–water partition coefficient (Wildman–Crippen LogP) is 2.06. The molecule has 3 rings (SSSR count). The van der Waals surface area contributed by atoms with Crippen LogP contribution in [-0.2, 0) is 11.3 Å². The highest BCUT2D eigenvalue weighted by atomic mass is 16.5. The molecule has 7 heteroatoms. The second-order valence-electron chi connectivity index (χ2n) is 6.59. The highest BCUT2D eigenvalue weighted by molar-refractivity contribution is 5.79. The zero-order chi connectivity index (χ0) is 18.2. The first-order chi connectivity index (χ1) is 12.8. The van der Waals surface area contributed by atoms with Crippen LogP contribution < -0.4 is 10.6 Å². The van der Waals surface area contributed by atoms with Gasteiger partial charge in [-0.2, -0.15) is 0 Å². The summed E-state index contributed by atoms with van der Waals surface area (Å²) in [6.07, 6.45) is 9.22. The Balaban J connectivity index is 1.37. The molecule has 1 fully saturated rings. The number of aryl methyl sites for hydroxylation is 1. The van der Waals surface area contributed by atoms with Crippen LogP contribution in [0.25, 0.3) is 5.82 Å². The van der Waals surface area contributed by atoms with Gasteiger partial charge in [0.05, 0.1) is 0 Å². The van der Waals surface area contributed by atoms with Crippen molar-refractivity contribution < 1.29 is 4.74 Å². The van der Waals surface area contributed by atoms with E-state index in [0.717, 1.165) is 55.3 Å². The molecule has 0 bridgehead atoms. The lowest BCUT2D eigenvalue weighted by Crippen LogP contribution is -2.37. The number of hydrogen-bond acceptors (Lipinski definition) is 4. The second-order valence-corrected chi connectivity index (χ2v) is 6.59. The molecule has 0 radical (unpaired) electrons. The van der Waals surface area contributed by atoms with Crippen molar-refractivity contribution >= 4 is 5.96 Å². The maximum Gasteiger partial charge on any atom is 0.191 e. The van der Waals surface area contributed by atoms with Crippen LogP contribution in [0.15, 0.2) is 35.7 Å². The fraction of sp³-hybridized carbons (Fsp3) is 0.526. The average molecular weight is 356 g/mol. The van der Waals surface area contributed by atoms with Gasteiger partial charge >= 0.3 is 0 Å². The van der Waals surface area contributed by atoms with Gasteiger partial charge in [-0.3, -0.25) is 9.56 Å². The number of rotatable bonds is 9. The van der Waals surface area contributed by atoms with E-state index in [2.05, 4.69) is 31.7 Å². The number of hydrogen-bond donors (Lipinski definition) is 2. The third-order valence-corrected chi connectivity index (χ3v) is 4.37. The zero-order valence-corrected chi connectivity index (χ0v) is 15.6. The first-order valence-electron chi connectivity index (χ1n) is 9.24. The van der Waals surface area contributed by atoms with Crippen LogP contribution in [0.5, 0.6) is 0 Å². The summed E-state index contributed by atoms with van der Waals surface area (Å²) in [5.41, 5.74) is 1.10. The highest BCUT2D eigenvalue weighted by Gasteiger charge is 2.20. The van der Waals surface area contributed by atoms with Gasteiger partial charge in [0.2, 0.25) is 0 Å². The van der Waals surface area contributed by atoms with Crippen molar-refractivity contribution in [2.75, 3.05) is 26.8 Å². The van der Waals surface area contributed by atoms with Crippen LogP contribution in [0.4, 0.5) is 0 Å². The van der Waals surface area contributed by atoms with E-state index in [1.54, 1.807) is 13.2 Å². The van der Waals surface area contributed by atoms with Gasteiger partial charge in [0.15, 0.2) is 5.96 Å². The van der Waals surface area contributed by atoms with E-state index in [4.69, 9.17) is 4.74 Å². The molecule has 0 spiro atoms. The Labute approximate surface area is 154 Å². The summed E-state index contributed by atoms with van der Waals surface area (Å²) in [5.74, 6) is 3.42. The molecule has 26 heavy (non-hydrogen) atoms. The largest absolute Gasteiger partial charge is 0.381 e. The second kappa shape index (κ2) is 9.33.